The van der Waals surface area contributed by atoms with Crippen molar-refractivity contribution in [2.75, 3.05) is 0 Å². The van der Waals surface area contributed by atoms with Gasteiger partial charge in [0.15, 0.2) is 5.58 Å². The third-order valence-electron chi connectivity index (χ3n) is 4.67. The Kier molecular flexibility index (Phi) is 3.49. The van der Waals surface area contributed by atoms with E-state index in [9.17, 15) is 14.3 Å². The van der Waals surface area contributed by atoms with Crippen LogP contribution in [0.25, 0.3) is 11.0 Å². The second kappa shape index (κ2) is 5.58. The summed E-state index contributed by atoms with van der Waals surface area (Å²) in [6.07, 6.45) is 1.42. The smallest absolute Gasteiger partial charge is 0.258 e. The average Bonchev–Trinajstić information content (AvgIpc) is 3.20. The van der Waals surface area contributed by atoms with E-state index in [-0.39, 0.29) is 29.0 Å². The van der Waals surface area contributed by atoms with E-state index in [1.54, 1.807) is 17.0 Å². The van der Waals surface area contributed by atoms with Gasteiger partial charge in [-0.25, -0.2) is 4.39 Å². The van der Waals surface area contributed by atoms with Crippen molar-refractivity contribution in [3.63, 3.8) is 0 Å². The predicted octanol–water partition coefficient (Wildman–Crippen LogP) is 3.95. The molecule has 25 heavy (non-hydrogen) atoms. The van der Waals surface area contributed by atoms with Crippen molar-refractivity contribution in [1.29, 1.82) is 0 Å². The zero-order valence-corrected chi connectivity index (χ0v) is 13.9. The SMILES string of the molecule is CC(C)c1cc(C(=O)N2Cc3ccc(F)cc3C2)c(O)c2cnoc12. The van der Waals surface area contributed by atoms with Crippen molar-refractivity contribution in [1.82, 2.24) is 10.1 Å². The highest BCUT2D eigenvalue weighted by molar-refractivity contribution is 6.03. The standard InChI is InChI=1S/C19H17FN2O3/c1-10(2)14-6-15(17(23)16-7-21-25-18(14)16)19(24)22-8-11-3-4-13(20)5-12(11)9-22/h3-7,10,23H,8-9H2,1-2H3. The third-order valence-corrected chi connectivity index (χ3v) is 4.67. The number of phenolic OH excluding ortho intramolecular Hbond substituents is 1. The first-order valence-electron chi connectivity index (χ1n) is 8.12. The summed E-state index contributed by atoms with van der Waals surface area (Å²) in [4.78, 5) is 14.6. The Labute approximate surface area is 143 Å². The lowest BCUT2D eigenvalue weighted by Crippen LogP contribution is -2.25. The molecule has 1 aliphatic heterocycles. The number of hydrogen-bond acceptors (Lipinski definition) is 4. The largest absolute Gasteiger partial charge is 0.506 e. The van der Waals surface area contributed by atoms with Crippen LogP contribution in [0.1, 0.15) is 46.8 Å². The van der Waals surface area contributed by atoms with Gasteiger partial charge in [-0.05, 0) is 35.2 Å². The predicted molar refractivity (Wildman–Crippen MR) is 89.7 cm³/mol. The van der Waals surface area contributed by atoms with Crippen LogP contribution < -0.4 is 0 Å². The van der Waals surface area contributed by atoms with Crippen molar-refractivity contribution >= 4 is 16.9 Å². The molecule has 0 unspecified atom stereocenters. The summed E-state index contributed by atoms with van der Waals surface area (Å²) >= 11 is 0. The lowest BCUT2D eigenvalue weighted by Gasteiger charge is -2.18. The Morgan fingerprint density at radius 1 is 1.28 bits per heavy atom. The van der Waals surface area contributed by atoms with E-state index in [2.05, 4.69) is 5.16 Å². The van der Waals surface area contributed by atoms with Gasteiger partial charge in [0.2, 0.25) is 0 Å². The molecule has 0 saturated heterocycles. The van der Waals surface area contributed by atoms with E-state index in [0.29, 0.717) is 24.1 Å². The molecule has 128 valence electrons. The lowest BCUT2D eigenvalue weighted by atomic mass is 9.97. The van der Waals surface area contributed by atoms with Gasteiger partial charge in [0, 0.05) is 18.7 Å². The number of fused-ring (bicyclic) bond motifs is 2. The third kappa shape index (κ3) is 2.45. The maximum Gasteiger partial charge on any atom is 0.258 e. The number of carbonyl (C=O) groups excluding carboxylic acids is 1. The molecule has 0 radical (unpaired) electrons. The summed E-state index contributed by atoms with van der Waals surface area (Å²) in [5.41, 5.74) is 3.24. The van der Waals surface area contributed by atoms with Crippen molar-refractivity contribution in [2.45, 2.75) is 32.9 Å². The van der Waals surface area contributed by atoms with E-state index in [1.807, 2.05) is 13.8 Å². The minimum atomic E-state index is -0.316. The van der Waals surface area contributed by atoms with Crippen LogP contribution in [-0.2, 0) is 13.1 Å². The summed E-state index contributed by atoms with van der Waals surface area (Å²) in [6.45, 7) is 4.69. The Balaban J connectivity index is 1.75. The van der Waals surface area contributed by atoms with Crippen LogP contribution in [0.5, 0.6) is 5.75 Å². The van der Waals surface area contributed by atoms with Gasteiger partial charge in [0.25, 0.3) is 5.91 Å². The minimum Gasteiger partial charge on any atom is -0.506 e. The average molecular weight is 340 g/mol. The second-order valence-electron chi connectivity index (χ2n) is 6.66. The fraction of sp³-hybridized carbons (Fsp3) is 0.263. The van der Waals surface area contributed by atoms with Crippen LogP contribution in [-0.4, -0.2) is 21.1 Å². The van der Waals surface area contributed by atoms with Crippen LogP contribution in [0.15, 0.2) is 35.0 Å². The van der Waals surface area contributed by atoms with E-state index in [4.69, 9.17) is 4.52 Å². The monoisotopic (exact) mass is 340 g/mol. The molecule has 0 bridgehead atoms. The van der Waals surface area contributed by atoms with Gasteiger partial charge in [0.05, 0.1) is 17.1 Å². The molecule has 1 amide bonds. The van der Waals surface area contributed by atoms with Crippen molar-refractivity contribution in [3.05, 3.63) is 58.5 Å². The van der Waals surface area contributed by atoms with Gasteiger partial charge >= 0.3 is 0 Å². The maximum atomic E-state index is 13.4. The first-order chi connectivity index (χ1) is 12.0. The molecule has 0 spiro atoms. The number of aromatic nitrogens is 1. The van der Waals surface area contributed by atoms with Crippen LogP contribution in [0.3, 0.4) is 0 Å². The molecule has 3 aromatic rings. The number of phenols is 1. The number of nitrogens with zero attached hydrogens (tertiary/aromatic N) is 2. The van der Waals surface area contributed by atoms with E-state index in [1.165, 1.54) is 18.3 Å². The zero-order valence-electron chi connectivity index (χ0n) is 13.9. The molecule has 0 fully saturated rings. The van der Waals surface area contributed by atoms with Crippen LogP contribution in [0.2, 0.25) is 0 Å². The van der Waals surface area contributed by atoms with Gasteiger partial charge < -0.3 is 14.5 Å². The zero-order chi connectivity index (χ0) is 17.7. The molecule has 4 rings (SSSR count). The number of hydrogen-bond donors (Lipinski definition) is 1. The summed E-state index contributed by atoms with van der Waals surface area (Å²) in [5.74, 6) is -0.636. The molecular formula is C19H17FN2O3. The summed E-state index contributed by atoms with van der Waals surface area (Å²) in [7, 11) is 0. The summed E-state index contributed by atoms with van der Waals surface area (Å²) in [6, 6.07) is 6.20. The van der Waals surface area contributed by atoms with Crippen molar-refractivity contribution in [3.8, 4) is 5.75 Å². The Morgan fingerprint density at radius 2 is 2.04 bits per heavy atom. The molecule has 1 N–H and O–H groups in total. The van der Waals surface area contributed by atoms with Crippen LogP contribution in [0.4, 0.5) is 4.39 Å². The van der Waals surface area contributed by atoms with Crippen molar-refractivity contribution in [2.24, 2.45) is 0 Å². The molecular weight excluding hydrogens is 323 g/mol. The first-order valence-corrected chi connectivity index (χ1v) is 8.12. The highest BCUT2D eigenvalue weighted by atomic mass is 19.1. The molecule has 0 saturated carbocycles. The van der Waals surface area contributed by atoms with E-state index < -0.39 is 0 Å². The van der Waals surface area contributed by atoms with Crippen LogP contribution >= 0.6 is 0 Å². The quantitative estimate of drug-likeness (QED) is 0.767. The van der Waals surface area contributed by atoms with Gasteiger partial charge in [-0.3, -0.25) is 4.79 Å². The number of amides is 1. The number of rotatable bonds is 2. The Hall–Kier alpha value is -2.89. The molecule has 5 nitrogen and oxygen atoms in total. The minimum absolute atomic E-state index is 0.104. The molecule has 0 atom stereocenters. The highest BCUT2D eigenvalue weighted by Crippen LogP contribution is 2.36. The molecule has 2 aromatic carbocycles. The topological polar surface area (TPSA) is 66.6 Å². The number of halogens is 1. The number of aromatic hydroxyl groups is 1. The van der Waals surface area contributed by atoms with Gasteiger partial charge in [-0.15, -0.1) is 0 Å². The summed E-state index contributed by atoms with van der Waals surface area (Å²) in [5, 5.41) is 14.7. The molecule has 6 heteroatoms. The highest BCUT2D eigenvalue weighted by Gasteiger charge is 2.28. The molecule has 2 heterocycles. The number of benzene rings is 2. The second-order valence-corrected chi connectivity index (χ2v) is 6.66. The van der Waals surface area contributed by atoms with E-state index in [0.717, 1.165) is 16.7 Å². The molecule has 1 aromatic heterocycles. The fourth-order valence-electron chi connectivity index (χ4n) is 3.32. The normalized spacial score (nSPS) is 13.7. The summed E-state index contributed by atoms with van der Waals surface area (Å²) < 4.78 is 18.6. The fourth-order valence-corrected chi connectivity index (χ4v) is 3.32. The first kappa shape index (κ1) is 15.6. The van der Waals surface area contributed by atoms with Crippen LogP contribution in [0, 0.1) is 5.82 Å². The van der Waals surface area contributed by atoms with E-state index >= 15 is 0 Å². The molecule has 1 aliphatic rings. The Morgan fingerprint density at radius 3 is 2.80 bits per heavy atom. The lowest BCUT2D eigenvalue weighted by molar-refractivity contribution is 0.0748. The van der Waals surface area contributed by atoms with Gasteiger partial charge in [0.1, 0.15) is 11.6 Å². The maximum absolute atomic E-state index is 13.4. The van der Waals surface area contributed by atoms with Gasteiger partial charge in [-0.2, -0.15) is 0 Å². The van der Waals surface area contributed by atoms with Crippen molar-refractivity contribution < 1.29 is 18.8 Å². The Bertz CT molecular complexity index is 994. The molecule has 0 aliphatic carbocycles. The van der Waals surface area contributed by atoms with Gasteiger partial charge in [-0.1, -0.05) is 25.1 Å². The number of carbonyl (C=O) groups is 1.